The summed E-state index contributed by atoms with van der Waals surface area (Å²) in [5, 5.41) is 0. The van der Waals surface area contributed by atoms with Crippen LogP contribution in [0.3, 0.4) is 0 Å². The van der Waals surface area contributed by atoms with Gasteiger partial charge in [0, 0.05) is 0 Å². The van der Waals surface area contributed by atoms with Crippen LogP contribution in [0.15, 0.2) is 78.9 Å². The van der Waals surface area contributed by atoms with Crippen LogP contribution in [0.4, 0.5) is 0 Å². The third kappa shape index (κ3) is 5.78. The molecule has 5 heteroatoms. The normalized spacial score (nSPS) is 10.1. The fraction of sp³-hybridized carbons (Fsp3) is 0.136. The summed E-state index contributed by atoms with van der Waals surface area (Å²) < 4.78 is 21.5. The molecular formula is C22H20O5. The first-order valence-corrected chi connectivity index (χ1v) is 8.47. The van der Waals surface area contributed by atoms with Crippen LogP contribution in [0.1, 0.15) is 5.56 Å². The van der Waals surface area contributed by atoms with Crippen molar-refractivity contribution in [2.45, 2.75) is 6.61 Å². The van der Waals surface area contributed by atoms with Crippen molar-refractivity contribution in [1.29, 1.82) is 0 Å². The topological polar surface area (TPSA) is 54.0 Å². The Bertz CT molecular complexity index is 859. The molecule has 0 radical (unpaired) electrons. The molecule has 0 spiro atoms. The Morgan fingerprint density at radius 2 is 1.48 bits per heavy atom. The van der Waals surface area contributed by atoms with Gasteiger partial charge in [0.1, 0.15) is 29.6 Å². The van der Waals surface area contributed by atoms with Crippen LogP contribution in [0.5, 0.6) is 23.0 Å². The molecule has 138 valence electrons. The van der Waals surface area contributed by atoms with Crippen molar-refractivity contribution in [3.63, 3.8) is 0 Å². The summed E-state index contributed by atoms with van der Waals surface area (Å²) in [5.74, 6) is 2.29. The van der Waals surface area contributed by atoms with Crippen molar-refractivity contribution in [2.24, 2.45) is 0 Å². The Hall–Kier alpha value is -3.47. The van der Waals surface area contributed by atoms with Gasteiger partial charge in [-0.05, 0) is 54.1 Å². The van der Waals surface area contributed by atoms with E-state index in [0.29, 0.717) is 11.5 Å². The van der Waals surface area contributed by atoms with Crippen LogP contribution in [-0.4, -0.2) is 19.7 Å². The molecule has 5 nitrogen and oxygen atoms in total. The highest BCUT2D eigenvalue weighted by atomic mass is 16.6. The number of carbonyl (C=O) groups is 1. The Morgan fingerprint density at radius 1 is 0.778 bits per heavy atom. The number of hydrogen-bond donors (Lipinski definition) is 0. The molecule has 0 atom stereocenters. The lowest BCUT2D eigenvalue weighted by molar-refractivity contribution is -0.147. The van der Waals surface area contributed by atoms with Crippen molar-refractivity contribution in [3.8, 4) is 23.0 Å². The van der Waals surface area contributed by atoms with E-state index in [4.69, 9.17) is 18.9 Å². The minimum absolute atomic E-state index is 0.150. The van der Waals surface area contributed by atoms with E-state index < -0.39 is 5.97 Å². The smallest absolute Gasteiger partial charge is 0.344 e. The quantitative estimate of drug-likeness (QED) is 0.546. The van der Waals surface area contributed by atoms with Crippen molar-refractivity contribution in [2.75, 3.05) is 13.7 Å². The van der Waals surface area contributed by atoms with Crippen LogP contribution in [-0.2, 0) is 16.1 Å². The van der Waals surface area contributed by atoms with Crippen LogP contribution < -0.4 is 14.2 Å². The third-order valence-corrected chi connectivity index (χ3v) is 3.69. The second-order valence-corrected chi connectivity index (χ2v) is 5.69. The van der Waals surface area contributed by atoms with E-state index in [1.165, 1.54) is 0 Å². The molecule has 3 aromatic carbocycles. The Morgan fingerprint density at radius 3 is 2.22 bits per heavy atom. The molecular weight excluding hydrogens is 344 g/mol. The SMILES string of the molecule is COc1ccc(OCC(=O)OCc2cccc(Oc3ccccc3)c2)cc1. The predicted molar refractivity (Wildman–Crippen MR) is 101 cm³/mol. The van der Waals surface area contributed by atoms with Crippen molar-refractivity contribution >= 4 is 5.97 Å². The molecule has 0 bridgehead atoms. The lowest BCUT2D eigenvalue weighted by Gasteiger charge is -2.09. The van der Waals surface area contributed by atoms with Gasteiger partial charge < -0.3 is 18.9 Å². The van der Waals surface area contributed by atoms with Crippen LogP contribution >= 0.6 is 0 Å². The summed E-state index contributed by atoms with van der Waals surface area (Å²) in [6.45, 7) is -0.0106. The number of benzene rings is 3. The Labute approximate surface area is 158 Å². The van der Waals surface area contributed by atoms with Gasteiger partial charge >= 0.3 is 5.97 Å². The van der Waals surface area contributed by atoms with E-state index in [0.717, 1.165) is 17.1 Å². The number of carbonyl (C=O) groups excluding carboxylic acids is 1. The second-order valence-electron chi connectivity index (χ2n) is 5.69. The highest BCUT2D eigenvalue weighted by Crippen LogP contribution is 2.22. The van der Waals surface area contributed by atoms with Gasteiger partial charge in [0.2, 0.25) is 0 Å². The fourth-order valence-corrected chi connectivity index (χ4v) is 2.34. The fourth-order valence-electron chi connectivity index (χ4n) is 2.34. The van der Waals surface area contributed by atoms with Crippen molar-refractivity contribution in [1.82, 2.24) is 0 Å². The lowest BCUT2D eigenvalue weighted by Crippen LogP contribution is -2.14. The lowest BCUT2D eigenvalue weighted by atomic mass is 10.2. The molecule has 0 N–H and O–H groups in total. The largest absolute Gasteiger partial charge is 0.497 e. The molecule has 0 aromatic heterocycles. The van der Waals surface area contributed by atoms with E-state index in [1.54, 1.807) is 31.4 Å². The Balaban J connectivity index is 1.47. The van der Waals surface area contributed by atoms with Gasteiger partial charge in [-0.2, -0.15) is 0 Å². The summed E-state index contributed by atoms with van der Waals surface area (Å²) in [4.78, 5) is 11.9. The monoisotopic (exact) mass is 364 g/mol. The second kappa shape index (κ2) is 9.29. The van der Waals surface area contributed by atoms with Gasteiger partial charge in [-0.1, -0.05) is 30.3 Å². The van der Waals surface area contributed by atoms with Crippen molar-refractivity contribution < 1.29 is 23.7 Å². The van der Waals surface area contributed by atoms with E-state index in [-0.39, 0.29) is 13.2 Å². The summed E-state index contributed by atoms with van der Waals surface area (Å²) in [7, 11) is 1.59. The predicted octanol–water partition coefficient (Wildman–Crippen LogP) is 4.61. The maximum absolute atomic E-state index is 11.9. The van der Waals surface area contributed by atoms with Gasteiger partial charge in [0.25, 0.3) is 0 Å². The highest BCUT2D eigenvalue weighted by molar-refractivity contribution is 5.71. The van der Waals surface area contributed by atoms with Gasteiger partial charge in [-0.25, -0.2) is 4.79 Å². The molecule has 0 saturated heterocycles. The maximum atomic E-state index is 11.9. The molecule has 0 amide bonds. The number of para-hydroxylation sites is 1. The first-order chi connectivity index (χ1) is 13.2. The first-order valence-electron chi connectivity index (χ1n) is 8.47. The van der Waals surface area contributed by atoms with Gasteiger partial charge in [-0.15, -0.1) is 0 Å². The highest BCUT2D eigenvalue weighted by Gasteiger charge is 2.06. The van der Waals surface area contributed by atoms with E-state index in [2.05, 4.69) is 0 Å². The third-order valence-electron chi connectivity index (χ3n) is 3.69. The number of hydrogen-bond acceptors (Lipinski definition) is 5. The van der Waals surface area contributed by atoms with Crippen molar-refractivity contribution in [3.05, 3.63) is 84.4 Å². The minimum atomic E-state index is -0.444. The molecule has 0 heterocycles. The summed E-state index contributed by atoms with van der Waals surface area (Å²) >= 11 is 0. The zero-order chi connectivity index (χ0) is 18.9. The minimum Gasteiger partial charge on any atom is -0.497 e. The Kier molecular flexibility index (Phi) is 6.30. The molecule has 0 aliphatic rings. The van der Waals surface area contributed by atoms with Gasteiger partial charge in [0.05, 0.1) is 7.11 Å². The molecule has 0 aliphatic heterocycles. The summed E-state index contributed by atoms with van der Waals surface area (Å²) in [5.41, 5.74) is 0.834. The zero-order valence-electron chi connectivity index (χ0n) is 15.0. The van der Waals surface area contributed by atoms with Gasteiger partial charge in [-0.3, -0.25) is 0 Å². The maximum Gasteiger partial charge on any atom is 0.344 e. The van der Waals surface area contributed by atoms with E-state index in [9.17, 15) is 4.79 Å². The summed E-state index contributed by atoms with van der Waals surface area (Å²) in [6.07, 6.45) is 0. The number of esters is 1. The average Bonchev–Trinajstić information content (AvgIpc) is 2.72. The average molecular weight is 364 g/mol. The molecule has 3 aromatic rings. The number of methoxy groups -OCH3 is 1. The van der Waals surface area contributed by atoms with Crippen LogP contribution in [0.2, 0.25) is 0 Å². The van der Waals surface area contributed by atoms with Crippen LogP contribution in [0, 0.1) is 0 Å². The van der Waals surface area contributed by atoms with E-state index >= 15 is 0 Å². The zero-order valence-corrected chi connectivity index (χ0v) is 15.0. The van der Waals surface area contributed by atoms with Crippen LogP contribution in [0.25, 0.3) is 0 Å². The molecule has 0 fully saturated rings. The molecule has 0 aliphatic carbocycles. The molecule has 0 unspecified atom stereocenters. The molecule has 27 heavy (non-hydrogen) atoms. The standard InChI is InChI=1S/C22H20O5/c1-24-18-10-12-19(13-11-18)25-16-22(23)26-15-17-6-5-9-21(14-17)27-20-7-3-2-4-8-20/h2-14H,15-16H2,1H3. The summed E-state index contributed by atoms with van der Waals surface area (Å²) in [6, 6.07) is 23.9. The number of ether oxygens (including phenoxy) is 4. The molecule has 3 rings (SSSR count). The molecule has 0 saturated carbocycles. The van der Waals surface area contributed by atoms with E-state index in [1.807, 2.05) is 54.6 Å². The van der Waals surface area contributed by atoms with Gasteiger partial charge in [0.15, 0.2) is 6.61 Å². The first kappa shape index (κ1) is 18.3. The number of rotatable bonds is 8.